The third-order valence-electron chi connectivity index (χ3n) is 4.76. The molecule has 3 rings (SSSR count). The molecule has 1 fully saturated rings. The fourth-order valence-corrected chi connectivity index (χ4v) is 3.23. The monoisotopic (exact) mass is 389 g/mol. The first-order valence-electron chi connectivity index (χ1n) is 9.27. The summed E-state index contributed by atoms with van der Waals surface area (Å²) < 4.78 is 19.7. The molecule has 2 aromatic rings. The van der Waals surface area contributed by atoms with E-state index in [1.54, 1.807) is 36.2 Å². The van der Waals surface area contributed by atoms with Crippen molar-refractivity contribution in [2.75, 3.05) is 32.8 Å². The summed E-state index contributed by atoms with van der Waals surface area (Å²) in [5, 5.41) is 10.3. The second-order valence-electron chi connectivity index (χ2n) is 6.71. The zero-order chi connectivity index (χ0) is 20.1. The maximum absolute atomic E-state index is 13.3. The highest BCUT2D eigenvalue weighted by molar-refractivity contribution is 5.67. The minimum atomic E-state index is -0.507. The second-order valence-corrected chi connectivity index (χ2v) is 6.71. The predicted molar refractivity (Wildman–Crippen MR) is 102 cm³/mol. The highest BCUT2D eigenvalue weighted by atomic mass is 19.1. The SMILES string of the molecule is CCOC(=O)N1CCN(Cc2ccn(Cc3cccc(F)c3)c(=O)c2O)CC1. The second kappa shape index (κ2) is 8.88. The third kappa shape index (κ3) is 4.69. The molecule has 0 aliphatic carbocycles. The van der Waals surface area contributed by atoms with E-state index < -0.39 is 5.56 Å². The van der Waals surface area contributed by atoms with Gasteiger partial charge in [-0.3, -0.25) is 9.69 Å². The molecule has 1 aromatic heterocycles. The Bertz CT molecular complexity index is 891. The van der Waals surface area contributed by atoms with Crippen LogP contribution in [0.4, 0.5) is 9.18 Å². The zero-order valence-electron chi connectivity index (χ0n) is 15.8. The van der Waals surface area contributed by atoms with Crippen molar-refractivity contribution in [3.8, 4) is 5.75 Å². The van der Waals surface area contributed by atoms with E-state index in [-0.39, 0.29) is 24.2 Å². The lowest BCUT2D eigenvalue weighted by atomic mass is 10.2. The van der Waals surface area contributed by atoms with E-state index in [1.807, 2.05) is 0 Å². The molecule has 1 aliphatic heterocycles. The molecule has 0 saturated carbocycles. The van der Waals surface area contributed by atoms with E-state index in [9.17, 15) is 19.1 Å². The van der Waals surface area contributed by atoms with Gasteiger partial charge < -0.3 is 19.3 Å². The molecule has 1 aromatic carbocycles. The summed E-state index contributed by atoms with van der Waals surface area (Å²) in [6, 6.07) is 7.71. The van der Waals surface area contributed by atoms with E-state index in [0.717, 1.165) is 0 Å². The van der Waals surface area contributed by atoms with Gasteiger partial charge in [-0.25, -0.2) is 9.18 Å². The van der Waals surface area contributed by atoms with E-state index in [0.29, 0.717) is 50.5 Å². The van der Waals surface area contributed by atoms with Gasteiger partial charge in [-0.1, -0.05) is 12.1 Å². The van der Waals surface area contributed by atoms with E-state index >= 15 is 0 Å². The minimum Gasteiger partial charge on any atom is -0.503 e. The maximum atomic E-state index is 13.3. The average molecular weight is 389 g/mol. The standard InChI is InChI=1S/C20H24FN3O4/c1-2-28-20(27)23-10-8-22(9-11-23)14-16-6-7-24(19(26)18(16)25)13-15-4-3-5-17(21)12-15/h3-7,12,25H,2,8-11,13-14H2,1H3. The van der Waals surface area contributed by atoms with Crippen molar-refractivity contribution in [2.24, 2.45) is 0 Å². The van der Waals surface area contributed by atoms with Crippen molar-refractivity contribution in [3.05, 3.63) is 63.8 Å². The molecule has 150 valence electrons. The Morgan fingerprint density at radius 1 is 1.18 bits per heavy atom. The number of halogens is 1. The topological polar surface area (TPSA) is 75.0 Å². The number of carbonyl (C=O) groups excluding carboxylic acids is 1. The van der Waals surface area contributed by atoms with Gasteiger partial charge in [0.1, 0.15) is 5.82 Å². The quantitative estimate of drug-likeness (QED) is 0.847. The van der Waals surface area contributed by atoms with Gasteiger partial charge in [0.15, 0.2) is 5.75 Å². The summed E-state index contributed by atoms with van der Waals surface area (Å²) >= 11 is 0. The van der Waals surface area contributed by atoms with Crippen LogP contribution in [0.15, 0.2) is 41.3 Å². The molecule has 0 atom stereocenters. The van der Waals surface area contributed by atoms with Gasteiger partial charge in [0.05, 0.1) is 13.2 Å². The lowest BCUT2D eigenvalue weighted by Crippen LogP contribution is -2.48. The zero-order valence-corrected chi connectivity index (χ0v) is 15.8. The Morgan fingerprint density at radius 2 is 1.93 bits per heavy atom. The van der Waals surface area contributed by atoms with Crippen LogP contribution < -0.4 is 5.56 Å². The van der Waals surface area contributed by atoms with Crippen molar-refractivity contribution in [3.63, 3.8) is 0 Å². The molecule has 7 nitrogen and oxygen atoms in total. The Labute approximate surface area is 162 Å². The summed E-state index contributed by atoms with van der Waals surface area (Å²) in [6.07, 6.45) is 1.29. The van der Waals surface area contributed by atoms with Crippen LogP contribution in [0.1, 0.15) is 18.1 Å². The van der Waals surface area contributed by atoms with E-state index in [2.05, 4.69) is 4.90 Å². The van der Waals surface area contributed by atoms with Gasteiger partial charge in [-0.15, -0.1) is 0 Å². The molecule has 8 heteroatoms. The van der Waals surface area contributed by atoms with Crippen molar-refractivity contribution < 1.29 is 19.0 Å². The summed E-state index contributed by atoms with van der Waals surface area (Å²) in [4.78, 5) is 27.9. The molecule has 2 heterocycles. The largest absolute Gasteiger partial charge is 0.503 e. The summed E-state index contributed by atoms with van der Waals surface area (Å²) in [5.41, 5.74) is 0.668. The third-order valence-corrected chi connectivity index (χ3v) is 4.76. The molecular weight excluding hydrogens is 365 g/mol. The number of carbonyl (C=O) groups is 1. The number of hydrogen-bond donors (Lipinski definition) is 1. The number of aromatic nitrogens is 1. The highest BCUT2D eigenvalue weighted by Crippen LogP contribution is 2.16. The summed E-state index contributed by atoms with van der Waals surface area (Å²) in [6.45, 7) is 5.05. The number of nitrogens with zero attached hydrogens (tertiary/aromatic N) is 3. The normalized spacial score (nSPS) is 14.9. The molecule has 0 spiro atoms. The Morgan fingerprint density at radius 3 is 2.61 bits per heavy atom. The number of pyridine rings is 1. The average Bonchev–Trinajstić information content (AvgIpc) is 2.68. The molecule has 1 aliphatic rings. The van der Waals surface area contributed by atoms with Crippen LogP contribution >= 0.6 is 0 Å². The Hall–Kier alpha value is -2.87. The van der Waals surface area contributed by atoms with Crippen LogP contribution in [0.2, 0.25) is 0 Å². The highest BCUT2D eigenvalue weighted by Gasteiger charge is 2.23. The van der Waals surface area contributed by atoms with Gasteiger partial charge in [0.25, 0.3) is 5.56 Å². The molecule has 1 amide bonds. The molecule has 1 N–H and O–H groups in total. The van der Waals surface area contributed by atoms with Crippen molar-refractivity contribution in [1.82, 2.24) is 14.4 Å². The van der Waals surface area contributed by atoms with Crippen LogP contribution in [0.3, 0.4) is 0 Å². The number of hydrogen-bond acceptors (Lipinski definition) is 5. The van der Waals surface area contributed by atoms with Crippen molar-refractivity contribution >= 4 is 6.09 Å². The Balaban J connectivity index is 1.64. The van der Waals surface area contributed by atoms with Crippen LogP contribution in [0, 0.1) is 5.82 Å². The van der Waals surface area contributed by atoms with E-state index in [4.69, 9.17) is 4.74 Å². The number of amides is 1. The van der Waals surface area contributed by atoms with Gasteiger partial charge in [0.2, 0.25) is 0 Å². The van der Waals surface area contributed by atoms with Gasteiger partial charge in [-0.05, 0) is 30.7 Å². The summed E-state index contributed by atoms with van der Waals surface area (Å²) in [5.74, 6) is -0.667. The first-order valence-corrected chi connectivity index (χ1v) is 9.27. The van der Waals surface area contributed by atoms with Crippen LogP contribution in [0.25, 0.3) is 0 Å². The van der Waals surface area contributed by atoms with Gasteiger partial charge >= 0.3 is 6.09 Å². The van der Waals surface area contributed by atoms with Crippen molar-refractivity contribution in [1.29, 1.82) is 0 Å². The maximum Gasteiger partial charge on any atom is 0.409 e. The van der Waals surface area contributed by atoms with Crippen LogP contribution in [-0.2, 0) is 17.8 Å². The number of piperazine rings is 1. The van der Waals surface area contributed by atoms with Crippen LogP contribution in [-0.4, -0.2) is 58.4 Å². The lowest BCUT2D eigenvalue weighted by Gasteiger charge is -2.34. The first-order chi connectivity index (χ1) is 13.5. The molecular formula is C20H24FN3O4. The molecule has 1 saturated heterocycles. The molecule has 0 radical (unpaired) electrons. The summed E-state index contributed by atoms with van der Waals surface area (Å²) in [7, 11) is 0. The van der Waals surface area contributed by atoms with Crippen molar-refractivity contribution in [2.45, 2.75) is 20.0 Å². The van der Waals surface area contributed by atoms with E-state index in [1.165, 1.54) is 16.7 Å². The predicted octanol–water partition coefficient (Wildman–Crippen LogP) is 2.02. The van der Waals surface area contributed by atoms with Gasteiger partial charge in [-0.2, -0.15) is 0 Å². The van der Waals surface area contributed by atoms with Gasteiger partial charge in [0, 0.05) is 44.5 Å². The Kier molecular flexibility index (Phi) is 6.30. The number of ether oxygens (including phenoxy) is 1. The molecule has 0 unspecified atom stereocenters. The number of aromatic hydroxyl groups is 1. The smallest absolute Gasteiger partial charge is 0.409 e. The minimum absolute atomic E-state index is 0.183. The van der Waals surface area contributed by atoms with Crippen LogP contribution in [0.5, 0.6) is 5.75 Å². The lowest BCUT2D eigenvalue weighted by molar-refractivity contribution is 0.0776. The molecule has 0 bridgehead atoms. The molecule has 28 heavy (non-hydrogen) atoms. The fraction of sp³-hybridized carbons (Fsp3) is 0.400. The first kappa shape index (κ1) is 19.9. The fourth-order valence-electron chi connectivity index (χ4n) is 3.23. The number of benzene rings is 1. The number of rotatable bonds is 5.